The summed E-state index contributed by atoms with van der Waals surface area (Å²) in [6, 6.07) is 0.840. The fraction of sp³-hybridized carbons (Fsp3) is 1.00. The van der Waals surface area contributed by atoms with Crippen LogP contribution in [0.4, 0.5) is 0 Å². The molecule has 0 aromatic heterocycles. The van der Waals surface area contributed by atoms with E-state index < -0.39 is 8.80 Å². The van der Waals surface area contributed by atoms with E-state index in [4.69, 9.17) is 23.7 Å². The third-order valence-corrected chi connectivity index (χ3v) is 5.95. The molecule has 0 heterocycles. The van der Waals surface area contributed by atoms with Gasteiger partial charge in [-0.05, 0) is 46.6 Å². The topological polar surface area (TPSA) is 62.9 Å². The van der Waals surface area contributed by atoms with Gasteiger partial charge in [-0.2, -0.15) is 0 Å². The van der Waals surface area contributed by atoms with Crippen LogP contribution in [0.5, 0.6) is 0 Å². The molecule has 1 unspecified atom stereocenters. The molecule has 0 aliphatic heterocycles. The molecule has 0 saturated carbocycles. The molecule has 0 fully saturated rings. The lowest BCUT2D eigenvalue weighted by atomic mass is 10.3. The summed E-state index contributed by atoms with van der Waals surface area (Å²) in [5, 5.41) is 0. The minimum Gasteiger partial charge on any atom is -0.385 e. The lowest BCUT2D eigenvalue weighted by Crippen LogP contribution is -2.48. The quantitative estimate of drug-likeness (QED) is 0.416. The molecule has 0 rings (SSSR count). The summed E-state index contributed by atoms with van der Waals surface area (Å²) in [5.41, 5.74) is 5.57. The van der Waals surface area contributed by atoms with E-state index in [2.05, 4.69) is 0 Å². The van der Waals surface area contributed by atoms with Crippen molar-refractivity contribution in [3.05, 3.63) is 0 Å². The first-order valence-corrected chi connectivity index (χ1v) is 9.22. The Morgan fingerprint density at radius 1 is 1.11 bits per heavy atom. The minimum atomic E-state index is -2.56. The Morgan fingerprint density at radius 2 is 1.74 bits per heavy atom. The van der Waals surface area contributed by atoms with Crippen molar-refractivity contribution >= 4 is 8.80 Å². The number of nitrogens with two attached hydrogens (primary N) is 1. The number of rotatable bonds is 13. The van der Waals surface area contributed by atoms with Crippen LogP contribution < -0.4 is 5.73 Å². The molecule has 5 nitrogen and oxygen atoms in total. The van der Waals surface area contributed by atoms with Crippen molar-refractivity contribution in [1.29, 1.82) is 0 Å². The second-order valence-corrected chi connectivity index (χ2v) is 7.18. The maximum absolute atomic E-state index is 6.11. The van der Waals surface area contributed by atoms with Crippen LogP contribution in [0.25, 0.3) is 0 Å². The molecule has 0 radical (unpaired) electrons. The van der Waals surface area contributed by atoms with Crippen molar-refractivity contribution in [3.8, 4) is 0 Å². The highest BCUT2D eigenvalue weighted by molar-refractivity contribution is 6.60. The van der Waals surface area contributed by atoms with E-state index >= 15 is 0 Å². The second-order valence-electron chi connectivity index (χ2n) is 4.50. The first-order chi connectivity index (χ1) is 9.14. The van der Waals surface area contributed by atoms with Crippen molar-refractivity contribution in [1.82, 2.24) is 0 Å². The van der Waals surface area contributed by atoms with Crippen LogP contribution in [0.2, 0.25) is 6.04 Å². The van der Waals surface area contributed by atoms with Gasteiger partial charge >= 0.3 is 8.80 Å². The zero-order valence-corrected chi connectivity index (χ0v) is 13.9. The van der Waals surface area contributed by atoms with E-state index in [1.54, 1.807) is 7.11 Å². The molecule has 0 aromatic rings. The molecule has 0 spiro atoms. The maximum atomic E-state index is 6.11. The van der Waals surface area contributed by atoms with Crippen molar-refractivity contribution < 1.29 is 18.0 Å². The molecule has 0 saturated heterocycles. The first-order valence-electron chi connectivity index (χ1n) is 7.28. The number of hydrogen-bond donors (Lipinski definition) is 1. The normalized spacial score (nSPS) is 13.7. The van der Waals surface area contributed by atoms with Gasteiger partial charge in [0.05, 0.1) is 0 Å². The molecule has 19 heavy (non-hydrogen) atoms. The highest BCUT2D eigenvalue weighted by atomic mass is 28.4. The summed E-state index contributed by atoms with van der Waals surface area (Å²) >= 11 is 0. The molecule has 116 valence electrons. The Morgan fingerprint density at radius 3 is 2.21 bits per heavy atom. The Kier molecular flexibility index (Phi) is 11.8. The lowest BCUT2D eigenvalue weighted by Gasteiger charge is -2.31. The van der Waals surface area contributed by atoms with Gasteiger partial charge in [-0.25, -0.2) is 0 Å². The van der Waals surface area contributed by atoms with Gasteiger partial charge in [-0.1, -0.05) is 0 Å². The molecule has 2 N–H and O–H groups in total. The highest BCUT2D eigenvalue weighted by Crippen LogP contribution is 2.22. The van der Waals surface area contributed by atoms with Crippen LogP contribution in [0.3, 0.4) is 0 Å². The number of ether oxygens (including phenoxy) is 1. The largest absolute Gasteiger partial charge is 0.501 e. The Hall–Kier alpha value is 0.0169. The predicted molar refractivity (Wildman–Crippen MR) is 79.1 cm³/mol. The van der Waals surface area contributed by atoms with Crippen LogP contribution in [-0.4, -0.2) is 48.4 Å². The van der Waals surface area contributed by atoms with Crippen molar-refractivity contribution in [2.75, 3.05) is 33.5 Å². The second kappa shape index (κ2) is 11.8. The van der Waals surface area contributed by atoms with Crippen LogP contribution in [-0.2, 0) is 18.0 Å². The lowest BCUT2D eigenvalue weighted by molar-refractivity contribution is 0.0355. The highest BCUT2D eigenvalue weighted by Gasteiger charge is 2.41. The molecule has 6 heteroatoms. The van der Waals surface area contributed by atoms with Crippen LogP contribution >= 0.6 is 0 Å². The van der Waals surface area contributed by atoms with E-state index in [0.29, 0.717) is 19.8 Å². The van der Waals surface area contributed by atoms with Crippen LogP contribution in [0.15, 0.2) is 0 Å². The summed E-state index contributed by atoms with van der Waals surface area (Å²) in [6.07, 6.45) is 2.90. The van der Waals surface area contributed by atoms with E-state index in [9.17, 15) is 0 Å². The van der Waals surface area contributed by atoms with Gasteiger partial charge in [0.1, 0.15) is 0 Å². The van der Waals surface area contributed by atoms with Gasteiger partial charge in [0, 0.05) is 39.1 Å². The number of methoxy groups -OCH3 is 1. The van der Waals surface area contributed by atoms with Gasteiger partial charge in [0.15, 0.2) is 0 Å². The Labute approximate surface area is 119 Å². The van der Waals surface area contributed by atoms with Crippen LogP contribution in [0.1, 0.15) is 40.0 Å². The smallest absolute Gasteiger partial charge is 0.385 e. The number of unbranched alkanes of at least 4 members (excludes halogenated alkanes) is 1. The summed E-state index contributed by atoms with van der Waals surface area (Å²) in [6.45, 7) is 8.61. The zero-order valence-electron chi connectivity index (χ0n) is 12.9. The summed E-state index contributed by atoms with van der Waals surface area (Å²) in [7, 11) is -0.839. The number of hydrogen-bond acceptors (Lipinski definition) is 5. The van der Waals surface area contributed by atoms with Gasteiger partial charge in [-0.3, -0.25) is 0 Å². The maximum Gasteiger partial charge on any atom is 0.501 e. The third kappa shape index (κ3) is 8.72. The van der Waals surface area contributed by atoms with Crippen molar-refractivity contribution in [2.45, 2.75) is 52.2 Å². The Balaban J connectivity index is 4.46. The fourth-order valence-corrected chi connectivity index (χ4v) is 4.86. The monoisotopic (exact) mass is 293 g/mol. The van der Waals surface area contributed by atoms with E-state index in [-0.39, 0.29) is 6.10 Å². The SMILES string of the molecule is CCO[Si](CCCCOC)(OCC)OC(C)CCN. The molecule has 0 aliphatic carbocycles. The summed E-state index contributed by atoms with van der Waals surface area (Å²) < 4.78 is 22.9. The van der Waals surface area contributed by atoms with Crippen LogP contribution in [0, 0.1) is 0 Å². The van der Waals surface area contributed by atoms with Gasteiger partial charge < -0.3 is 23.7 Å². The molecule has 0 bridgehead atoms. The van der Waals surface area contributed by atoms with Crippen molar-refractivity contribution in [3.63, 3.8) is 0 Å². The van der Waals surface area contributed by atoms with Gasteiger partial charge in [-0.15, -0.1) is 0 Å². The van der Waals surface area contributed by atoms with E-state index in [1.807, 2.05) is 20.8 Å². The standard InChI is InChI=1S/C13H31NO4Si/c1-5-16-19(17-6-2,12-8-7-11-15-4)18-13(3)9-10-14/h13H,5-12,14H2,1-4H3. The fourth-order valence-electron chi connectivity index (χ4n) is 1.94. The van der Waals surface area contributed by atoms with Gasteiger partial charge in [0.25, 0.3) is 0 Å². The van der Waals surface area contributed by atoms with Crippen molar-refractivity contribution in [2.24, 2.45) is 5.73 Å². The van der Waals surface area contributed by atoms with E-state index in [1.165, 1.54) is 0 Å². The summed E-state index contributed by atoms with van der Waals surface area (Å²) in [4.78, 5) is 0. The molecule has 0 amide bonds. The zero-order chi connectivity index (χ0) is 14.6. The molecular weight excluding hydrogens is 262 g/mol. The molecular formula is C13H31NO4Si. The average Bonchev–Trinajstić information content (AvgIpc) is 2.35. The Bertz CT molecular complexity index is 201. The molecule has 0 aliphatic rings. The van der Waals surface area contributed by atoms with E-state index in [0.717, 1.165) is 31.9 Å². The third-order valence-electron chi connectivity index (χ3n) is 2.76. The minimum absolute atomic E-state index is 0.0807. The summed E-state index contributed by atoms with van der Waals surface area (Å²) in [5.74, 6) is 0. The van der Waals surface area contributed by atoms with Gasteiger partial charge in [0.2, 0.25) is 0 Å². The first kappa shape index (κ1) is 19.0. The molecule has 0 aromatic carbocycles. The average molecular weight is 293 g/mol. The predicted octanol–water partition coefficient (Wildman–Crippen LogP) is 2.18. The molecule has 1 atom stereocenters.